The molecule has 0 aromatic rings. The molecule has 0 N–H and O–H groups in total. The van der Waals surface area contributed by atoms with Crippen molar-refractivity contribution in [2.45, 2.75) is 37.9 Å². The highest BCUT2D eigenvalue weighted by atomic mass is 32.2. The van der Waals surface area contributed by atoms with E-state index < -0.39 is 0 Å². The Hall–Kier alpha value is -1.20. The van der Waals surface area contributed by atoms with Crippen LogP contribution in [0, 0.1) is 11.8 Å². The van der Waals surface area contributed by atoms with Gasteiger partial charge in [-0.05, 0) is 51.8 Å². The molecule has 130 valence electrons. The van der Waals surface area contributed by atoms with E-state index in [4.69, 9.17) is 0 Å². The van der Waals surface area contributed by atoms with E-state index >= 15 is 0 Å². The smallest absolute Gasteiger partial charge is 0.260 e. The molecule has 5 heteroatoms. The van der Waals surface area contributed by atoms with Crippen LogP contribution in [0.1, 0.15) is 32.6 Å². The molecule has 1 heterocycles. The molecule has 0 aromatic carbocycles. The van der Waals surface area contributed by atoms with Crippen molar-refractivity contribution in [2.24, 2.45) is 21.8 Å². The first kappa shape index (κ1) is 17.6. The second-order valence-corrected chi connectivity index (χ2v) is 8.59. The minimum Gasteiger partial charge on any atom is -0.309 e. The highest BCUT2D eigenvalue weighted by Crippen LogP contribution is 2.33. The lowest BCUT2D eigenvalue weighted by molar-refractivity contribution is -0.118. The second-order valence-electron chi connectivity index (χ2n) is 7.30. The topological polar surface area (TPSA) is 45.0 Å². The maximum absolute atomic E-state index is 12.2. The number of hydrogen-bond donors (Lipinski definition) is 0. The summed E-state index contributed by atoms with van der Waals surface area (Å²) in [5.41, 5.74) is 1.97. The van der Waals surface area contributed by atoms with Gasteiger partial charge in [0.05, 0.1) is 11.5 Å². The Bertz CT molecular complexity index is 618. The molecular formula is C19H27N3OS. The van der Waals surface area contributed by atoms with E-state index in [0.29, 0.717) is 11.1 Å². The summed E-state index contributed by atoms with van der Waals surface area (Å²) in [5, 5.41) is 0.669. The van der Waals surface area contributed by atoms with Gasteiger partial charge in [0.25, 0.3) is 5.91 Å². The predicted octanol–water partition coefficient (Wildman–Crippen LogP) is 3.35. The average Bonchev–Trinajstić information content (AvgIpc) is 2.54. The fourth-order valence-corrected chi connectivity index (χ4v) is 5.04. The molecule has 1 fully saturated rings. The van der Waals surface area contributed by atoms with Gasteiger partial charge in [-0.25, -0.2) is 4.99 Å². The minimum absolute atomic E-state index is 0.0616. The quantitative estimate of drug-likeness (QED) is 0.767. The van der Waals surface area contributed by atoms with Crippen molar-refractivity contribution in [1.82, 2.24) is 4.90 Å². The van der Waals surface area contributed by atoms with Gasteiger partial charge in [0, 0.05) is 11.8 Å². The van der Waals surface area contributed by atoms with Crippen LogP contribution in [-0.4, -0.2) is 54.0 Å². The van der Waals surface area contributed by atoms with Gasteiger partial charge in [-0.15, -0.1) is 0 Å². The van der Waals surface area contributed by atoms with Crippen LogP contribution < -0.4 is 0 Å². The standard InChI is InChI=1S/C19H27N3OS/c1-13-6-4-9-16-18(13)20-17(21-19(16)23)12-24-15-8-5-7-14(10-15)11-22(2)3/h4,6,9,14-16H,5,7-8,10-12H2,1-3H3/t14-,15?,16?/m0/s1. The number of thioether (sulfide) groups is 1. The monoisotopic (exact) mass is 345 g/mol. The largest absolute Gasteiger partial charge is 0.309 e. The number of carbonyl (C=O) groups is 1. The molecule has 3 aliphatic rings. The normalized spacial score (nSPS) is 29.9. The highest BCUT2D eigenvalue weighted by Gasteiger charge is 2.29. The van der Waals surface area contributed by atoms with Gasteiger partial charge in [0.15, 0.2) is 0 Å². The van der Waals surface area contributed by atoms with Gasteiger partial charge < -0.3 is 4.90 Å². The molecule has 1 saturated carbocycles. The number of fused-ring (bicyclic) bond motifs is 1. The number of amides is 1. The van der Waals surface area contributed by atoms with Crippen molar-refractivity contribution in [3.05, 3.63) is 23.8 Å². The van der Waals surface area contributed by atoms with Gasteiger partial charge in [0.1, 0.15) is 11.8 Å². The number of rotatable bonds is 5. The van der Waals surface area contributed by atoms with Crippen LogP contribution in [0.25, 0.3) is 0 Å². The van der Waals surface area contributed by atoms with E-state index in [2.05, 4.69) is 29.0 Å². The first-order valence-electron chi connectivity index (χ1n) is 8.84. The van der Waals surface area contributed by atoms with Crippen molar-refractivity contribution in [1.29, 1.82) is 0 Å². The van der Waals surface area contributed by atoms with Crippen molar-refractivity contribution < 1.29 is 4.79 Å². The lowest BCUT2D eigenvalue weighted by atomic mass is 9.88. The lowest BCUT2D eigenvalue weighted by Crippen LogP contribution is -2.30. The highest BCUT2D eigenvalue weighted by molar-refractivity contribution is 8.00. The molecule has 0 spiro atoms. The number of aliphatic imine (C=N–C) groups is 2. The molecule has 2 unspecified atom stereocenters. The van der Waals surface area contributed by atoms with E-state index in [1.54, 1.807) is 0 Å². The summed E-state index contributed by atoms with van der Waals surface area (Å²) in [6.07, 6.45) is 11.0. The molecule has 3 atom stereocenters. The van der Waals surface area contributed by atoms with Crippen LogP contribution >= 0.6 is 11.8 Å². The van der Waals surface area contributed by atoms with Crippen LogP contribution in [0.3, 0.4) is 0 Å². The first-order valence-corrected chi connectivity index (χ1v) is 9.89. The molecule has 0 saturated heterocycles. The number of carbonyl (C=O) groups excluding carboxylic acids is 1. The van der Waals surface area contributed by atoms with Gasteiger partial charge in [-0.2, -0.15) is 16.8 Å². The SMILES string of the molecule is CC1=CC=CC2C(=O)N=C(CSC3CCC[C@H](CN(C)C)C3)N=C12. The van der Waals surface area contributed by atoms with Gasteiger partial charge in [-0.1, -0.05) is 24.6 Å². The summed E-state index contributed by atoms with van der Waals surface area (Å²) >= 11 is 1.93. The zero-order valence-electron chi connectivity index (χ0n) is 14.9. The Balaban J connectivity index is 1.58. The summed E-state index contributed by atoms with van der Waals surface area (Å²) in [7, 11) is 4.31. The maximum atomic E-state index is 12.2. The fraction of sp³-hybridized carbons (Fsp3) is 0.632. The third kappa shape index (κ3) is 4.25. The lowest BCUT2D eigenvalue weighted by Gasteiger charge is -2.30. The Kier molecular flexibility index (Phi) is 5.72. The maximum Gasteiger partial charge on any atom is 0.260 e. The van der Waals surface area contributed by atoms with Gasteiger partial charge >= 0.3 is 0 Å². The molecule has 3 rings (SSSR count). The number of allylic oxidation sites excluding steroid dienone is 3. The van der Waals surface area contributed by atoms with Crippen molar-refractivity contribution >= 4 is 29.2 Å². The van der Waals surface area contributed by atoms with Crippen LogP contribution in [0.15, 0.2) is 33.8 Å². The molecule has 0 radical (unpaired) electrons. The first-order chi connectivity index (χ1) is 11.5. The molecular weight excluding hydrogens is 318 g/mol. The fourth-order valence-electron chi connectivity index (χ4n) is 3.78. The van der Waals surface area contributed by atoms with Gasteiger partial charge in [-0.3, -0.25) is 4.79 Å². The average molecular weight is 346 g/mol. The van der Waals surface area contributed by atoms with E-state index in [0.717, 1.165) is 23.0 Å². The summed E-state index contributed by atoms with van der Waals surface area (Å²) in [6, 6.07) is 0. The molecule has 4 nitrogen and oxygen atoms in total. The number of hydrogen-bond acceptors (Lipinski definition) is 4. The Morgan fingerprint density at radius 1 is 1.29 bits per heavy atom. The van der Waals surface area contributed by atoms with Crippen molar-refractivity contribution in [3.63, 3.8) is 0 Å². The number of nitrogens with zero attached hydrogens (tertiary/aromatic N) is 3. The van der Waals surface area contributed by atoms with E-state index in [1.807, 2.05) is 36.9 Å². The van der Waals surface area contributed by atoms with Crippen LogP contribution in [0.2, 0.25) is 0 Å². The van der Waals surface area contributed by atoms with E-state index in [-0.39, 0.29) is 11.8 Å². The van der Waals surface area contributed by atoms with E-state index in [9.17, 15) is 4.79 Å². The molecule has 24 heavy (non-hydrogen) atoms. The van der Waals surface area contributed by atoms with Crippen LogP contribution in [-0.2, 0) is 4.79 Å². The van der Waals surface area contributed by atoms with E-state index in [1.165, 1.54) is 32.2 Å². The third-order valence-electron chi connectivity index (χ3n) is 4.91. The molecule has 1 aliphatic heterocycles. The summed E-state index contributed by atoms with van der Waals surface area (Å²) in [6.45, 7) is 3.20. The Morgan fingerprint density at radius 3 is 2.92 bits per heavy atom. The van der Waals surface area contributed by atoms with Crippen molar-refractivity contribution in [2.75, 3.05) is 26.4 Å². The third-order valence-corrected chi connectivity index (χ3v) is 6.23. The molecule has 0 bridgehead atoms. The van der Waals surface area contributed by atoms with Gasteiger partial charge in [0.2, 0.25) is 0 Å². The minimum atomic E-state index is -0.261. The number of amidine groups is 1. The van der Waals surface area contributed by atoms with Crippen LogP contribution in [0.4, 0.5) is 0 Å². The zero-order chi connectivity index (χ0) is 17.1. The Labute approximate surface area is 149 Å². The molecule has 2 aliphatic carbocycles. The molecule has 0 aromatic heterocycles. The summed E-state index contributed by atoms with van der Waals surface area (Å²) in [5.74, 6) is 1.93. The van der Waals surface area contributed by atoms with Crippen LogP contribution in [0.5, 0.6) is 0 Å². The zero-order valence-corrected chi connectivity index (χ0v) is 15.7. The molecule has 1 amide bonds. The summed E-state index contributed by atoms with van der Waals surface area (Å²) < 4.78 is 0. The second kappa shape index (κ2) is 7.79. The predicted molar refractivity (Wildman–Crippen MR) is 103 cm³/mol. The van der Waals surface area contributed by atoms with Crippen molar-refractivity contribution in [3.8, 4) is 0 Å². The summed E-state index contributed by atoms with van der Waals surface area (Å²) in [4.78, 5) is 23.5. The Morgan fingerprint density at radius 2 is 2.12 bits per heavy atom.